The Morgan fingerprint density at radius 1 is 1.45 bits per heavy atom. The summed E-state index contributed by atoms with van der Waals surface area (Å²) < 4.78 is 1.43. The Labute approximate surface area is 117 Å². The Morgan fingerprint density at radius 3 is 3.05 bits per heavy atom. The van der Waals surface area contributed by atoms with Crippen molar-refractivity contribution in [3.8, 4) is 0 Å². The quantitative estimate of drug-likeness (QED) is 0.926. The highest BCUT2D eigenvalue weighted by atomic mass is 16.4. The average molecular weight is 274 g/mol. The number of hydrogen-bond acceptors (Lipinski definition) is 4. The summed E-state index contributed by atoms with van der Waals surface area (Å²) in [5.74, 6) is -0.247. The summed E-state index contributed by atoms with van der Waals surface area (Å²) in [5, 5.41) is 13.6. The lowest BCUT2D eigenvalue weighted by Gasteiger charge is -2.32. The molecule has 0 saturated carbocycles. The lowest BCUT2D eigenvalue weighted by atomic mass is 10.0. The molecule has 6 heteroatoms. The summed E-state index contributed by atoms with van der Waals surface area (Å²) in [6.45, 7) is 4.16. The van der Waals surface area contributed by atoms with Crippen molar-refractivity contribution in [2.45, 2.75) is 32.2 Å². The van der Waals surface area contributed by atoms with E-state index in [1.807, 2.05) is 0 Å². The van der Waals surface area contributed by atoms with Gasteiger partial charge in [-0.15, -0.1) is 5.10 Å². The standard InChI is InChI=1S/C14H18N4O2/c1-2-17-9-4-3-6-10(17)13-15-12-8-5-7-11(14(19)20)18(12)16-13/h5,7-8,10H,2-4,6,9H2,1H3,(H,19,20). The molecule has 0 radical (unpaired) electrons. The molecule has 3 heterocycles. The van der Waals surface area contributed by atoms with Crippen molar-refractivity contribution in [1.29, 1.82) is 0 Å². The van der Waals surface area contributed by atoms with E-state index in [0.717, 1.165) is 25.3 Å². The molecule has 6 nitrogen and oxygen atoms in total. The zero-order chi connectivity index (χ0) is 14.1. The molecule has 1 unspecified atom stereocenters. The molecule has 2 aromatic heterocycles. The molecule has 1 fully saturated rings. The van der Waals surface area contributed by atoms with Gasteiger partial charge in [-0.3, -0.25) is 4.90 Å². The highest BCUT2D eigenvalue weighted by Gasteiger charge is 2.26. The Kier molecular flexibility index (Phi) is 3.40. The summed E-state index contributed by atoms with van der Waals surface area (Å²) >= 11 is 0. The lowest BCUT2D eigenvalue weighted by molar-refractivity contribution is 0.0687. The van der Waals surface area contributed by atoms with Crippen LogP contribution in [0.3, 0.4) is 0 Å². The van der Waals surface area contributed by atoms with Crippen molar-refractivity contribution in [2.75, 3.05) is 13.1 Å². The van der Waals surface area contributed by atoms with Crippen molar-refractivity contribution >= 4 is 11.6 Å². The SMILES string of the molecule is CCN1CCCCC1c1nc2cccc(C(=O)O)n2n1. The van der Waals surface area contributed by atoms with Crippen LogP contribution in [0.5, 0.6) is 0 Å². The Balaban J connectivity index is 2.04. The number of pyridine rings is 1. The van der Waals surface area contributed by atoms with Crippen molar-refractivity contribution in [1.82, 2.24) is 19.5 Å². The fraction of sp³-hybridized carbons (Fsp3) is 0.500. The van der Waals surface area contributed by atoms with E-state index in [2.05, 4.69) is 21.9 Å². The van der Waals surface area contributed by atoms with Gasteiger partial charge in [0.1, 0.15) is 0 Å². The van der Waals surface area contributed by atoms with E-state index in [4.69, 9.17) is 0 Å². The molecule has 0 aromatic carbocycles. The highest BCUT2D eigenvalue weighted by molar-refractivity contribution is 5.86. The molecule has 0 amide bonds. The van der Waals surface area contributed by atoms with E-state index in [1.165, 1.54) is 17.4 Å². The van der Waals surface area contributed by atoms with Crippen LogP contribution in [0.15, 0.2) is 18.2 Å². The maximum absolute atomic E-state index is 11.2. The molecule has 1 N–H and O–H groups in total. The van der Waals surface area contributed by atoms with Gasteiger partial charge in [-0.05, 0) is 38.1 Å². The molecular formula is C14H18N4O2. The number of piperidine rings is 1. The van der Waals surface area contributed by atoms with Crippen LogP contribution in [0.25, 0.3) is 5.65 Å². The molecule has 106 valence electrons. The summed E-state index contributed by atoms with van der Waals surface area (Å²) in [7, 11) is 0. The molecule has 0 spiro atoms. The second kappa shape index (κ2) is 5.20. The van der Waals surface area contributed by atoms with Crippen molar-refractivity contribution in [3.05, 3.63) is 29.7 Å². The first kappa shape index (κ1) is 13.1. The number of likely N-dealkylation sites (tertiary alicyclic amines) is 1. The third kappa shape index (κ3) is 2.16. The molecule has 2 aromatic rings. The highest BCUT2D eigenvalue weighted by Crippen LogP contribution is 2.28. The molecule has 1 aliphatic heterocycles. The van der Waals surface area contributed by atoms with Crippen molar-refractivity contribution in [3.63, 3.8) is 0 Å². The molecule has 3 rings (SSSR count). The summed E-state index contributed by atoms with van der Waals surface area (Å²) in [6.07, 6.45) is 3.41. The van der Waals surface area contributed by atoms with Crippen molar-refractivity contribution in [2.24, 2.45) is 0 Å². The van der Waals surface area contributed by atoms with Gasteiger partial charge in [0.05, 0.1) is 6.04 Å². The van der Waals surface area contributed by atoms with E-state index >= 15 is 0 Å². The van der Waals surface area contributed by atoms with Crippen LogP contribution in [-0.4, -0.2) is 43.7 Å². The minimum absolute atomic E-state index is 0.153. The second-order valence-corrected chi connectivity index (χ2v) is 5.10. The first-order chi connectivity index (χ1) is 9.70. The third-order valence-electron chi connectivity index (χ3n) is 3.91. The maximum Gasteiger partial charge on any atom is 0.354 e. The lowest BCUT2D eigenvalue weighted by Crippen LogP contribution is -2.33. The van der Waals surface area contributed by atoms with Gasteiger partial charge >= 0.3 is 5.97 Å². The summed E-state index contributed by atoms with van der Waals surface area (Å²) in [5.41, 5.74) is 0.752. The van der Waals surface area contributed by atoms with E-state index in [1.54, 1.807) is 18.2 Å². The van der Waals surface area contributed by atoms with E-state index in [0.29, 0.717) is 5.65 Å². The molecule has 20 heavy (non-hydrogen) atoms. The molecule has 0 bridgehead atoms. The topological polar surface area (TPSA) is 70.7 Å². The molecular weight excluding hydrogens is 256 g/mol. The van der Waals surface area contributed by atoms with Crippen LogP contribution in [0.2, 0.25) is 0 Å². The molecule has 0 aliphatic carbocycles. The summed E-state index contributed by atoms with van der Waals surface area (Å²) in [4.78, 5) is 18.1. The van der Waals surface area contributed by atoms with Gasteiger partial charge in [0, 0.05) is 0 Å². The van der Waals surface area contributed by atoms with Gasteiger partial charge in [-0.1, -0.05) is 19.4 Å². The largest absolute Gasteiger partial charge is 0.477 e. The third-order valence-corrected chi connectivity index (χ3v) is 3.91. The van der Waals surface area contributed by atoms with Gasteiger partial charge in [-0.2, -0.15) is 0 Å². The first-order valence-electron chi connectivity index (χ1n) is 7.03. The Morgan fingerprint density at radius 2 is 2.30 bits per heavy atom. The summed E-state index contributed by atoms with van der Waals surface area (Å²) in [6, 6.07) is 5.25. The zero-order valence-corrected chi connectivity index (χ0v) is 11.5. The predicted molar refractivity (Wildman–Crippen MR) is 73.8 cm³/mol. The van der Waals surface area contributed by atoms with Crippen LogP contribution in [0, 0.1) is 0 Å². The molecule has 1 atom stereocenters. The number of nitrogens with zero attached hydrogens (tertiary/aromatic N) is 4. The smallest absolute Gasteiger partial charge is 0.354 e. The van der Waals surface area contributed by atoms with Crippen LogP contribution < -0.4 is 0 Å². The van der Waals surface area contributed by atoms with Crippen LogP contribution in [0.4, 0.5) is 0 Å². The van der Waals surface area contributed by atoms with Crippen LogP contribution in [-0.2, 0) is 0 Å². The number of carboxylic acid groups (broad SMARTS) is 1. The second-order valence-electron chi connectivity index (χ2n) is 5.10. The van der Waals surface area contributed by atoms with E-state index in [-0.39, 0.29) is 11.7 Å². The number of aromatic nitrogens is 3. The number of carbonyl (C=O) groups is 1. The minimum Gasteiger partial charge on any atom is -0.477 e. The van der Waals surface area contributed by atoms with E-state index in [9.17, 15) is 9.90 Å². The number of aromatic carboxylic acids is 1. The van der Waals surface area contributed by atoms with Gasteiger partial charge < -0.3 is 5.11 Å². The average Bonchev–Trinajstić information content (AvgIpc) is 2.90. The van der Waals surface area contributed by atoms with Crippen LogP contribution >= 0.6 is 0 Å². The van der Waals surface area contributed by atoms with E-state index < -0.39 is 5.97 Å². The fourth-order valence-electron chi connectivity index (χ4n) is 2.89. The minimum atomic E-state index is -0.983. The zero-order valence-electron chi connectivity index (χ0n) is 11.5. The number of fused-ring (bicyclic) bond motifs is 1. The monoisotopic (exact) mass is 274 g/mol. The predicted octanol–water partition coefficient (Wildman–Crippen LogP) is 1.97. The number of rotatable bonds is 3. The van der Waals surface area contributed by atoms with Gasteiger partial charge in [0.25, 0.3) is 0 Å². The van der Waals surface area contributed by atoms with Gasteiger partial charge in [0.15, 0.2) is 17.2 Å². The van der Waals surface area contributed by atoms with Gasteiger partial charge in [-0.25, -0.2) is 14.3 Å². The Hall–Kier alpha value is -1.95. The molecule has 1 aliphatic rings. The number of hydrogen-bond donors (Lipinski definition) is 1. The maximum atomic E-state index is 11.2. The normalized spacial score (nSPS) is 20.4. The fourth-order valence-corrected chi connectivity index (χ4v) is 2.89. The first-order valence-corrected chi connectivity index (χ1v) is 7.03. The van der Waals surface area contributed by atoms with Crippen LogP contribution in [0.1, 0.15) is 48.5 Å². The van der Waals surface area contributed by atoms with Gasteiger partial charge in [0.2, 0.25) is 0 Å². The Bertz CT molecular complexity index is 637. The van der Waals surface area contributed by atoms with Crippen molar-refractivity contribution < 1.29 is 9.90 Å². The molecule has 1 saturated heterocycles. The number of carboxylic acids is 1.